The molecule has 1 N–H and O–H groups in total. The number of likely N-dealkylation sites (tertiary alicyclic amines) is 1. The predicted molar refractivity (Wildman–Crippen MR) is 76.1 cm³/mol. The van der Waals surface area contributed by atoms with Crippen molar-refractivity contribution in [3.8, 4) is 0 Å². The number of likely N-dealkylation sites (N-methyl/N-ethyl adjacent to an activating group) is 1. The smallest absolute Gasteiger partial charge is 0.241 e. The van der Waals surface area contributed by atoms with Crippen molar-refractivity contribution in [2.24, 2.45) is 0 Å². The molecule has 2 rings (SSSR count). The van der Waals surface area contributed by atoms with Crippen molar-refractivity contribution in [3.05, 3.63) is 30.1 Å². The van der Waals surface area contributed by atoms with Gasteiger partial charge in [0.05, 0.1) is 13.2 Å². The van der Waals surface area contributed by atoms with Gasteiger partial charge in [0.1, 0.15) is 5.82 Å². The van der Waals surface area contributed by atoms with Gasteiger partial charge in [0.25, 0.3) is 0 Å². The van der Waals surface area contributed by atoms with Crippen LogP contribution in [0.4, 0.5) is 10.1 Å². The van der Waals surface area contributed by atoms with Gasteiger partial charge in [0.15, 0.2) is 0 Å². The Kier molecular flexibility index (Phi) is 5.09. The van der Waals surface area contributed by atoms with Crippen LogP contribution >= 0.6 is 0 Å². The Morgan fingerprint density at radius 3 is 2.75 bits per heavy atom. The van der Waals surface area contributed by atoms with Gasteiger partial charge < -0.3 is 10.0 Å². The molecular weight excluding hydrogens is 259 g/mol. The van der Waals surface area contributed by atoms with Crippen molar-refractivity contribution in [2.75, 3.05) is 31.1 Å². The Morgan fingerprint density at radius 2 is 2.15 bits per heavy atom. The zero-order chi connectivity index (χ0) is 14.5. The molecule has 0 saturated carbocycles. The molecule has 1 atom stereocenters. The molecule has 1 aliphatic heterocycles. The molecule has 0 aromatic heterocycles. The molecule has 1 heterocycles. The van der Waals surface area contributed by atoms with E-state index in [9.17, 15) is 14.3 Å². The van der Waals surface area contributed by atoms with Crippen LogP contribution < -0.4 is 4.90 Å². The predicted octanol–water partition coefficient (Wildman–Crippen LogP) is 1.64. The van der Waals surface area contributed by atoms with Crippen molar-refractivity contribution >= 4 is 11.6 Å². The summed E-state index contributed by atoms with van der Waals surface area (Å²) in [7, 11) is 0. The first kappa shape index (κ1) is 14.9. The van der Waals surface area contributed by atoms with Crippen molar-refractivity contribution in [1.82, 2.24) is 4.90 Å². The third kappa shape index (κ3) is 3.35. The topological polar surface area (TPSA) is 43.8 Å². The van der Waals surface area contributed by atoms with E-state index >= 15 is 0 Å². The second-order valence-electron chi connectivity index (χ2n) is 5.06. The Hall–Kier alpha value is -1.46. The maximum absolute atomic E-state index is 12.9. The van der Waals surface area contributed by atoms with E-state index in [2.05, 4.69) is 0 Å². The standard InChI is InChI=1S/C15H21FN2O2/c1-2-18(13-7-5-12(16)6-8-13)15(20)10-17-9-3-4-14(17)11-19/h5-8,14,19H,2-4,9-11H2,1H3/t14-/m0/s1. The van der Waals surface area contributed by atoms with Crippen molar-refractivity contribution < 1.29 is 14.3 Å². The summed E-state index contributed by atoms with van der Waals surface area (Å²) in [6.07, 6.45) is 1.95. The van der Waals surface area contributed by atoms with Gasteiger partial charge in [-0.15, -0.1) is 0 Å². The number of halogens is 1. The largest absolute Gasteiger partial charge is 0.395 e. The van der Waals surface area contributed by atoms with E-state index in [0.29, 0.717) is 18.8 Å². The highest BCUT2D eigenvalue weighted by molar-refractivity contribution is 5.94. The molecule has 1 fully saturated rings. The number of carbonyl (C=O) groups is 1. The normalized spacial score (nSPS) is 19.2. The Labute approximate surface area is 118 Å². The van der Waals surface area contributed by atoms with Crippen molar-refractivity contribution in [2.45, 2.75) is 25.8 Å². The number of benzene rings is 1. The fourth-order valence-electron chi connectivity index (χ4n) is 2.69. The van der Waals surface area contributed by atoms with Crippen LogP contribution in [-0.2, 0) is 4.79 Å². The number of anilines is 1. The van der Waals surface area contributed by atoms with E-state index in [0.717, 1.165) is 19.4 Å². The van der Waals surface area contributed by atoms with Crippen LogP contribution in [0.5, 0.6) is 0 Å². The second kappa shape index (κ2) is 6.81. The third-order valence-electron chi connectivity index (χ3n) is 3.80. The van der Waals surface area contributed by atoms with Crippen LogP contribution in [0, 0.1) is 5.82 Å². The first-order valence-corrected chi connectivity index (χ1v) is 7.06. The van der Waals surface area contributed by atoms with Crippen LogP contribution in [0.1, 0.15) is 19.8 Å². The molecule has 5 heteroatoms. The highest BCUT2D eigenvalue weighted by atomic mass is 19.1. The summed E-state index contributed by atoms with van der Waals surface area (Å²) in [5.74, 6) is -0.323. The number of aliphatic hydroxyl groups is 1. The summed E-state index contributed by atoms with van der Waals surface area (Å²) in [5, 5.41) is 9.28. The highest BCUT2D eigenvalue weighted by Gasteiger charge is 2.27. The van der Waals surface area contributed by atoms with Crippen molar-refractivity contribution in [1.29, 1.82) is 0 Å². The summed E-state index contributed by atoms with van der Waals surface area (Å²) < 4.78 is 12.9. The monoisotopic (exact) mass is 280 g/mol. The zero-order valence-electron chi connectivity index (χ0n) is 11.8. The Bertz CT molecular complexity index is 450. The molecule has 0 aliphatic carbocycles. The minimum atomic E-state index is -0.308. The SMILES string of the molecule is CCN(C(=O)CN1CCC[C@H]1CO)c1ccc(F)cc1. The summed E-state index contributed by atoms with van der Waals surface area (Å²) in [6.45, 7) is 3.68. The van der Waals surface area contributed by atoms with E-state index < -0.39 is 0 Å². The molecule has 4 nitrogen and oxygen atoms in total. The molecule has 0 radical (unpaired) electrons. The first-order valence-electron chi connectivity index (χ1n) is 7.06. The van der Waals surface area contributed by atoms with Crippen LogP contribution in [0.25, 0.3) is 0 Å². The lowest BCUT2D eigenvalue weighted by Gasteiger charge is -2.27. The van der Waals surface area contributed by atoms with E-state index in [1.54, 1.807) is 17.0 Å². The summed E-state index contributed by atoms with van der Waals surface area (Å²) >= 11 is 0. The third-order valence-corrected chi connectivity index (χ3v) is 3.80. The number of carbonyl (C=O) groups excluding carboxylic acids is 1. The van der Waals surface area contributed by atoms with E-state index in [1.165, 1.54) is 12.1 Å². The summed E-state index contributed by atoms with van der Waals surface area (Å²) in [4.78, 5) is 16.1. The van der Waals surface area contributed by atoms with Crippen molar-refractivity contribution in [3.63, 3.8) is 0 Å². The minimum Gasteiger partial charge on any atom is -0.395 e. The second-order valence-corrected chi connectivity index (χ2v) is 5.06. The average molecular weight is 280 g/mol. The maximum atomic E-state index is 12.9. The van der Waals surface area contributed by atoms with Gasteiger partial charge >= 0.3 is 0 Å². The number of hydrogen-bond donors (Lipinski definition) is 1. The molecule has 110 valence electrons. The minimum absolute atomic E-state index is 0.0144. The summed E-state index contributed by atoms with van der Waals surface area (Å²) in [5.41, 5.74) is 0.707. The van der Waals surface area contributed by atoms with E-state index in [-0.39, 0.29) is 24.4 Å². The van der Waals surface area contributed by atoms with Gasteiger partial charge in [0.2, 0.25) is 5.91 Å². The Balaban J connectivity index is 2.03. The molecule has 1 aromatic carbocycles. The maximum Gasteiger partial charge on any atom is 0.241 e. The number of amides is 1. The highest BCUT2D eigenvalue weighted by Crippen LogP contribution is 2.19. The van der Waals surface area contributed by atoms with Gasteiger partial charge in [-0.1, -0.05) is 0 Å². The van der Waals surface area contributed by atoms with Gasteiger partial charge in [-0.3, -0.25) is 9.69 Å². The zero-order valence-corrected chi connectivity index (χ0v) is 11.8. The number of aliphatic hydroxyl groups excluding tert-OH is 1. The van der Waals surface area contributed by atoms with Gasteiger partial charge in [-0.05, 0) is 50.6 Å². The molecular formula is C15H21FN2O2. The molecule has 0 bridgehead atoms. The van der Waals surface area contributed by atoms with Crippen LogP contribution in [0.15, 0.2) is 24.3 Å². The fraction of sp³-hybridized carbons (Fsp3) is 0.533. The lowest BCUT2D eigenvalue weighted by Crippen LogP contribution is -2.43. The summed E-state index contributed by atoms with van der Waals surface area (Å²) in [6, 6.07) is 6.04. The van der Waals surface area contributed by atoms with E-state index in [1.807, 2.05) is 11.8 Å². The quantitative estimate of drug-likeness (QED) is 0.891. The molecule has 1 aromatic rings. The molecule has 1 aliphatic rings. The number of rotatable bonds is 5. The lowest BCUT2D eigenvalue weighted by atomic mass is 10.2. The van der Waals surface area contributed by atoms with E-state index in [4.69, 9.17) is 0 Å². The molecule has 20 heavy (non-hydrogen) atoms. The number of hydrogen-bond acceptors (Lipinski definition) is 3. The molecule has 0 spiro atoms. The van der Waals surface area contributed by atoms with Crippen LogP contribution in [-0.4, -0.2) is 48.2 Å². The number of nitrogens with zero attached hydrogens (tertiary/aromatic N) is 2. The Morgan fingerprint density at radius 1 is 1.45 bits per heavy atom. The lowest BCUT2D eigenvalue weighted by molar-refractivity contribution is -0.120. The molecule has 1 saturated heterocycles. The van der Waals surface area contributed by atoms with Gasteiger partial charge in [-0.2, -0.15) is 0 Å². The molecule has 0 unspecified atom stereocenters. The van der Waals surface area contributed by atoms with Gasteiger partial charge in [-0.25, -0.2) is 4.39 Å². The molecule has 1 amide bonds. The van der Waals surface area contributed by atoms with Crippen LogP contribution in [0.2, 0.25) is 0 Å². The average Bonchev–Trinajstić information content (AvgIpc) is 2.89. The van der Waals surface area contributed by atoms with Gasteiger partial charge in [0, 0.05) is 18.3 Å². The first-order chi connectivity index (χ1) is 9.65. The fourth-order valence-corrected chi connectivity index (χ4v) is 2.69. The van der Waals surface area contributed by atoms with Crippen LogP contribution in [0.3, 0.4) is 0 Å².